The SMILES string of the molecule is COc1cc(/C=C/C(=O)NO)ccc1OCCCN(C)C(=O)c1ccccc1O. The number of hydroxylamine groups is 1. The molecule has 29 heavy (non-hydrogen) atoms. The Labute approximate surface area is 168 Å². The summed E-state index contributed by atoms with van der Waals surface area (Å²) in [4.78, 5) is 24.9. The minimum Gasteiger partial charge on any atom is -0.507 e. The summed E-state index contributed by atoms with van der Waals surface area (Å²) in [5.74, 6) is 0.0904. The van der Waals surface area contributed by atoms with Gasteiger partial charge in [-0.25, -0.2) is 5.48 Å². The van der Waals surface area contributed by atoms with Gasteiger partial charge in [0.2, 0.25) is 0 Å². The van der Waals surface area contributed by atoms with E-state index in [4.69, 9.17) is 14.7 Å². The predicted octanol–water partition coefficient (Wildman–Crippen LogP) is 2.46. The molecule has 0 spiro atoms. The van der Waals surface area contributed by atoms with Gasteiger partial charge in [-0.05, 0) is 42.3 Å². The summed E-state index contributed by atoms with van der Waals surface area (Å²) in [5, 5.41) is 18.3. The lowest BCUT2D eigenvalue weighted by atomic mass is 10.1. The molecule has 2 rings (SSSR count). The Bertz CT molecular complexity index is 881. The Balaban J connectivity index is 1.88. The van der Waals surface area contributed by atoms with E-state index in [-0.39, 0.29) is 17.2 Å². The van der Waals surface area contributed by atoms with Crippen LogP contribution in [0.5, 0.6) is 17.2 Å². The number of methoxy groups -OCH3 is 1. The average molecular weight is 400 g/mol. The number of rotatable bonds is 9. The van der Waals surface area contributed by atoms with Crippen molar-refractivity contribution in [3.05, 3.63) is 59.7 Å². The van der Waals surface area contributed by atoms with Gasteiger partial charge in [-0.2, -0.15) is 0 Å². The van der Waals surface area contributed by atoms with Gasteiger partial charge < -0.3 is 19.5 Å². The van der Waals surface area contributed by atoms with Crippen LogP contribution in [0.1, 0.15) is 22.3 Å². The number of carbonyl (C=O) groups is 2. The maximum Gasteiger partial charge on any atom is 0.267 e. The number of nitrogens with zero attached hydrogens (tertiary/aromatic N) is 1. The van der Waals surface area contributed by atoms with Crippen LogP contribution < -0.4 is 15.0 Å². The van der Waals surface area contributed by atoms with E-state index in [1.807, 2.05) is 0 Å². The van der Waals surface area contributed by atoms with Crippen molar-refractivity contribution in [2.24, 2.45) is 0 Å². The van der Waals surface area contributed by atoms with Crippen molar-refractivity contribution in [2.45, 2.75) is 6.42 Å². The molecule has 8 nitrogen and oxygen atoms in total. The lowest BCUT2D eigenvalue weighted by molar-refractivity contribution is -0.124. The van der Waals surface area contributed by atoms with Crippen LogP contribution in [0.15, 0.2) is 48.5 Å². The number of phenolic OH excluding ortho intramolecular Hbond substituents is 1. The van der Waals surface area contributed by atoms with E-state index in [9.17, 15) is 14.7 Å². The van der Waals surface area contributed by atoms with Crippen LogP contribution in [0.2, 0.25) is 0 Å². The van der Waals surface area contributed by atoms with Crippen LogP contribution in [0.25, 0.3) is 6.08 Å². The van der Waals surface area contributed by atoms with Gasteiger partial charge in [0.05, 0.1) is 19.3 Å². The number of amides is 2. The maximum absolute atomic E-state index is 12.4. The van der Waals surface area contributed by atoms with Gasteiger partial charge in [-0.15, -0.1) is 0 Å². The molecule has 2 aromatic rings. The minimum absolute atomic E-state index is 0.0454. The number of nitrogens with one attached hydrogen (secondary N) is 1. The molecule has 0 unspecified atom stereocenters. The number of hydrogen-bond acceptors (Lipinski definition) is 6. The number of ether oxygens (including phenoxy) is 2. The molecule has 0 aliphatic rings. The van der Waals surface area contributed by atoms with Crippen LogP contribution >= 0.6 is 0 Å². The Kier molecular flexibility index (Phi) is 8.05. The van der Waals surface area contributed by atoms with E-state index in [0.717, 1.165) is 0 Å². The molecule has 0 radical (unpaired) electrons. The molecule has 2 aromatic carbocycles. The lowest BCUT2D eigenvalue weighted by Gasteiger charge is -2.18. The topological polar surface area (TPSA) is 108 Å². The summed E-state index contributed by atoms with van der Waals surface area (Å²) >= 11 is 0. The third kappa shape index (κ3) is 6.25. The highest BCUT2D eigenvalue weighted by atomic mass is 16.5. The van der Waals surface area contributed by atoms with Crippen molar-refractivity contribution in [1.82, 2.24) is 10.4 Å². The third-order valence-electron chi connectivity index (χ3n) is 4.10. The van der Waals surface area contributed by atoms with Gasteiger partial charge in [-0.1, -0.05) is 18.2 Å². The number of benzene rings is 2. The van der Waals surface area contributed by atoms with Crippen LogP contribution in [0.3, 0.4) is 0 Å². The van der Waals surface area contributed by atoms with E-state index in [1.165, 1.54) is 35.7 Å². The molecule has 0 saturated carbocycles. The normalized spacial score (nSPS) is 10.6. The number of aromatic hydroxyl groups is 1. The summed E-state index contributed by atoms with van der Waals surface area (Å²) in [6, 6.07) is 11.6. The largest absolute Gasteiger partial charge is 0.507 e. The summed E-state index contributed by atoms with van der Waals surface area (Å²) in [5.41, 5.74) is 2.48. The molecule has 0 heterocycles. The van der Waals surface area contributed by atoms with Crippen LogP contribution in [0, 0.1) is 0 Å². The van der Waals surface area contributed by atoms with Gasteiger partial charge in [0.25, 0.3) is 11.8 Å². The number of hydrogen-bond donors (Lipinski definition) is 3. The molecule has 0 aliphatic carbocycles. The highest BCUT2D eigenvalue weighted by Gasteiger charge is 2.15. The second kappa shape index (κ2) is 10.7. The molecule has 0 atom stereocenters. The van der Waals surface area contributed by atoms with E-state index < -0.39 is 5.91 Å². The quantitative estimate of drug-likeness (QED) is 0.258. The third-order valence-corrected chi connectivity index (χ3v) is 4.10. The molecule has 0 fully saturated rings. The minimum atomic E-state index is -0.633. The van der Waals surface area contributed by atoms with Gasteiger partial charge in [-0.3, -0.25) is 14.8 Å². The molecule has 2 amide bonds. The van der Waals surface area contributed by atoms with E-state index >= 15 is 0 Å². The zero-order valence-corrected chi connectivity index (χ0v) is 16.3. The summed E-state index contributed by atoms with van der Waals surface area (Å²) in [6.07, 6.45) is 3.29. The molecule has 3 N–H and O–H groups in total. The Hall–Kier alpha value is -3.52. The van der Waals surface area contributed by atoms with Crippen LogP contribution in [-0.4, -0.2) is 54.3 Å². The Morgan fingerprint density at radius 3 is 2.62 bits per heavy atom. The first kappa shape index (κ1) is 21.8. The van der Waals surface area contributed by atoms with Gasteiger partial charge in [0, 0.05) is 19.7 Å². The molecule has 0 aliphatic heterocycles. The first-order valence-corrected chi connectivity index (χ1v) is 8.92. The van der Waals surface area contributed by atoms with Gasteiger partial charge in [0.1, 0.15) is 5.75 Å². The number of carbonyl (C=O) groups excluding carboxylic acids is 2. The smallest absolute Gasteiger partial charge is 0.267 e. The highest BCUT2D eigenvalue weighted by Crippen LogP contribution is 2.28. The molecule has 8 heteroatoms. The van der Waals surface area contributed by atoms with Gasteiger partial charge >= 0.3 is 0 Å². The van der Waals surface area contributed by atoms with E-state index in [2.05, 4.69) is 0 Å². The van der Waals surface area contributed by atoms with Crippen LogP contribution in [0.4, 0.5) is 0 Å². The first-order valence-electron chi connectivity index (χ1n) is 8.92. The van der Waals surface area contributed by atoms with E-state index in [1.54, 1.807) is 43.4 Å². The van der Waals surface area contributed by atoms with Crippen molar-refractivity contribution < 1.29 is 29.4 Å². The molecule has 0 aromatic heterocycles. The zero-order valence-electron chi connectivity index (χ0n) is 16.3. The predicted molar refractivity (Wildman–Crippen MR) is 107 cm³/mol. The first-order chi connectivity index (χ1) is 14.0. The van der Waals surface area contributed by atoms with E-state index in [0.29, 0.717) is 36.6 Å². The molecule has 154 valence electrons. The number of phenols is 1. The Morgan fingerprint density at radius 2 is 1.93 bits per heavy atom. The standard InChI is InChI=1S/C21H24N2O6/c1-23(21(26)16-6-3-4-7-17(16)24)12-5-13-29-18-10-8-15(14-19(18)28-2)9-11-20(25)22-27/h3-4,6-11,14,24,27H,5,12-13H2,1-2H3,(H,22,25)/b11-9+. The Morgan fingerprint density at radius 1 is 1.17 bits per heavy atom. The fraction of sp³-hybridized carbons (Fsp3) is 0.238. The molecule has 0 bridgehead atoms. The molecule has 0 saturated heterocycles. The molecular formula is C21H24N2O6. The van der Waals surface area contributed by atoms with Crippen molar-refractivity contribution in [2.75, 3.05) is 27.3 Å². The summed E-state index contributed by atoms with van der Waals surface area (Å²) < 4.78 is 11.0. The van der Waals surface area contributed by atoms with Crippen molar-refractivity contribution >= 4 is 17.9 Å². The zero-order chi connectivity index (χ0) is 21.2. The second-order valence-electron chi connectivity index (χ2n) is 6.17. The van der Waals surface area contributed by atoms with Crippen molar-refractivity contribution in [3.8, 4) is 17.2 Å². The lowest BCUT2D eigenvalue weighted by Crippen LogP contribution is -2.28. The second-order valence-corrected chi connectivity index (χ2v) is 6.17. The van der Waals surface area contributed by atoms with Gasteiger partial charge in [0.15, 0.2) is 11.5 Å². The van der Waals surface area contributed by atoms with Crippen LogP contribution in [-0.2, 0) is 4.79 Å². The fourth-order valence-corrected chi connectivity index (χ4v) is 2.56. The summed E-state index contributed by atoms with van der Waals surface area (Å²) in [7, 11) is 3.17. The monoisotopic (exact) mass is 400 g/mol. The average Bonchev–Trinajstić information content (AvgIpc) is 2.74. The number of para-hydroxylation sites is 1. The highest BCUT2D eigenvalue weighted by molar-refractivity contribution is 5.96. The van der Waals surface area contributed by atoms with Crippen molar-refractivity contribution in [3.63, 3.8) is 0 Å². The maximum atomic E-state index is 12.4. The van der Waals surface area contributed by atoms with Crippen molar-refractivity contribution in [1.29, 1.82) is 0 Å². The molecular weight excluding hydrogens is 376 g/mol. The fourth-order valence-electron chi connectivity index (χ4n) is 2.56. The summed E-state index contributed by atoms with van der Waals surface area (Å²) in [6.45, 7) is 0.809.